The van der Waals surface area contributed by atoms with Crippen molar-refractivity contribution in [1.29, 1.82) is 0 Å². The van der Waals surface area contributed by atoms with Crippen molar-refractivity contribution in [2.24, 2.45) is 0 Å². The van der Waals surface area contributed by atoms with Gasteiger partial charge in [0.25, 0.3) is 0 Å². The number of hydrogen-bond acceptors (Lipinski definition) is 2. The molecule has 2 heteroatoms. The van der Waals surface area contributed by atoms with Crippen LogP contribution in [0.25, 0.3) is 0 Å². The minimum atomic E-state index is -0.264. The zero-order valence-corrected chi connectivity index (χ0v) is 14.7. The number of ether oxygens (including phenoxy) is 1. The molecule has 0 N–H and O–H groups in total. The average Bonchev–Trinajstić information content (AvgIpc) is 2.62. The molecule has 0 amide bonds. The van der Waals surface area contributed by atoms with Gasteiger partial charge in [0, 0.05) is 0 Å². The highest BCUT2D eigenvalue weighted by Crippen LogP contribution is 2.17. The maximum atomic E-state index is 12.4. The van der Waals surface area contributed by atoms with Crippen LogP contribution in [-0.2, 0) is 6.42 Å². The molecule has 0 spiro atoms. The quantitative estimate of drug-likeness (QED) is 0.295. The van der Waals surface area contributed by atoms with Gasteiger partial charge in [-0.25, -0.2) is 4.79 Å². The van der Waals surface area contributed by atoms with Gasteiger partial charge in [0.2, 0.25) is 0 Å². The molecule has 128 valence electrons. The van der Waals surface area contributed by atoms with Crippen molar-refractivity contribution in [2.45, 2.75) is 58.3 Å². The van der Waals surface area contributed by atoms with E-state index in [0.717, 1.165) is 18.4 Å². The third kappa shape index (κ3) is 6.19. The summed E-state index contributed by atoms with van der Waals surface area (Å²) in [5.41, 5.74) is 1.78. The van der Waals surface area contributed by atoms with E-state index in [0.29, 0.717) is 11.3 Å². The molecule has 0 aromatic heterocycles. The van der Waals surface area contributed by atoms with Crippen molar-refractivity contribution in [1.82, 2.24) is 0 Å². The van der Waals surface area contributed by atoms with Crippen LogP contribution in [0.2, 0.25) is 0 Å². The highest BCUT2D eigenvalue weighted by Gasteiger charge is 2.12. The van der Waals surface area contributed by atoms with Crippen molar-refractivity contribution in [3.8, 4) is 5.75 Å². The minimum Gasteiger partial charge on any atom is -0.423 e. The molecule has 0 heterocycles. The molecular weight excluding hydrogens is 296 g/mol. The number of aryl methyl sites for hydroxylation is 1. The van der Waals surface area contributed by atoms with E-state index in [1.54, 1.807) is 12.1 Å². The van der Waals surface area contributed by atoms with Gasteiger partial charge in [-0.2, -0.15) is 0 Å². The first kappa shape index (κ1) is 18.3. The lowest BCUT2D eigenvalue weighted by Crippen LogP contribution is -2.11. The fourth-order valence-corrected chi connectivity index (χ4v) is 2.86. The topological polar surface area (TPSA) is 26.3 Å². The Kier molecular flexibility index (Phi) is 8.09. The summed E-state index contributed by atoms with van der Waals surface area (Å²) in [6.45, 7) is 2.24. The van der Waals surface area contributed by atoms with Crippen LogP contribution >= 0.6 is 0 Å². The van der Waals surface area contributed by atoms with Crippen LogP contribution in [0.1, 0.15) is 67.8 Å². The first-order valence-electron chi connectivity index (χ1n) is 9.16. The molecule has 2 aromatic carbocycles. The zero-order chi connectivity index (χ0) is 17.0. The lowest BCUT2D eigenvalue weighted by Gasteiger charge is -2.09. The van der Waals surface area contributed by atoms with Gasteiger partial charge in [0.15, 0.2) is 0 Å². The Morgan fingerprint density at radius 2 is 1.42 bits per heavy atom. The molecule has 0 aliphatic rings. The molecule has 24 heavy (non-hydrogen) atoms. The zero-order valence-electron chi connectivity index (χ0n) is 14.7. The molecule has 0 aliphatic carbocycles. The van der Waals surface area contributed by atoms with Crippen LogP contribution in [0.4, 0.5) is 0 Å². The van der Waals surface area contributed by atoms with Crippen molar-refractivity contribution in [3.05, 3.63) is 65.7 Å². The van der Waals surface area contributed by atoms with Crippen LogP contribution in [0, 0.1) is 0 Å². The van der Waals surface area contributed by atoms with Gasteiger partial charge in [-0.1, -0.05) is 81.8 Å². The lowest BCUT2D eigenvalue weighted by atomic mass is 10.0. The molecule has 2 rings (SSSR count). The van der Waals surface area contributed by atoms with Crippen molar-refractivity contribution in [3.63, 3.8) is 0 Å². The molecule has 0 atom stereocenters. The second-order valence-corrected chi connectivity index (χ2v) is 6.23. The van der Waals surface area contributed by atoms with Gasteiger partial charge in [0.1, 0.15) is 5.75 Å². The standard InChI is InChI=1S/C22H28O2/c1-2-3-4-5-6-7-9-14-19-15-12-13-18-21(19)22(23)24-20-16-10-8-11-17-20/h8,10-13,15-18H,2-7,9,14H2,1H3. The van der Waals surface area contributed by atoms with Crippen LogP contribution in [0.5, 0.6) is 5.75 Å². The van der Waals surface area contributed by atoms with Gasteiger partial charge in [-0.15, -0.1) is 0 Å². The monoisotopic (exact) mass is 324 g/mol. The Morgan fingerprint density at radius 1 is 0.792 bits per heavy atom. The Bertz CT molecular complexity index is 604. The predicted octanol–water partition coefficient (Wildman–Crippen LogP) is 6.20. The summed E-state index contributed by atoms with van der Waals surface area (Å²) in [6, 6.07) is 17.0. The number of esters is 1. The number of unbranched alkanes of at least 4 members (excludes halogenated alkanes) is 6. The molecule has 2 aromatic rings. The van der Waals surface area contributed by atoms with Gasteiger partial charge in [-0.3, -0.25) is 0 Å². The third-order valence-corrected chi connectivity index (χ3v) is 4.24. The summed E-state index contributed by atoms with van der Waals surface area (Å²) in [4.78, 5) is 12.4. The van der Waals surface area contributed by atoms with Gasteiger partial charge < -0.3 is 4.74 Å². The van der Waals surface area contributed by atoms with E-state index >= 15 is 0 Å². The van der Waals surface area contributed by atoms with Gasteiger partial charge >= 0.3 is 5.97 Å². The number of carbonyl (C=O) groups is 1. The molecule has 0 saturated carbocycles. The summed E-state index contributed by atoms with van der Waals surface area (Å²) in [7, 11) is 0. The second-order valence-electron chi connectivity index (χ2n) is 6.23. The van der Waals surface area contributed by atoms with E-state index in [-0.39, 0.29) is 5.97 Å². The summed E-state index contributed by atoms with van der Waals surface area (Å²) in [6.07, 6.45) is 9.88. The van der Waals surface area contributed by atoms with E-state index in [1.807, 2.05) is 42.5 Å². The summed E-state index contributed by atoms with van der Waals surface area (Å²) in [5, 5.41) is 0. The largest absolute Gasteiger partial charge is 0.423 e. The first-order valence-corrected chi connectivity index (χ1v) is 9.16. The van der Waals surface area contributed by atoms with E-state index in [1.165, 1.54) is 38.5 Å². The molecule has 0 fully saturated rings. The third-order valence-electron chi connectivity index (χ3n) is 4.24. The number of para-hydroxylation sites is 1. The Balaban J connectivity index is 1.84. The van der Waals surface area contributed by atoms with Gasteiger partial charge in [-0.05, 0) is 36.6 Å². The van der Waals surface area contributed by atoms with Crippen LogP contribution < -0.4 is 4.74 Å². The first-order chi connectivity index (χ1) is 11.8. The maximum absolute atomic E-state index is 12.4. The molecular formula is C22H28O2. The smallest absolute Gasteiger partial charge is 0.343 e. The molecule has 0 unspecified atom stereocenters. The fraction of sp³-hybridized carbons (Fsp3) is 0.409. The number of carbonyl (C=O) groups excluding carboxylic acids is 1. The molecule has 2 nitrogen and oxygen atoms in total. The van der Waals surface area contributed by atoms with Crippen molar-refractivity contribution >= 4 is 5.97 Å². The summed E-state index contributed by atoms with van der Waals surface area (Å²) in [5.74, 6) is 0.327. The Labute approximate surface area is 145 Å². The minimum absolute atomic E-state index is 0.264. The lowest BCUT2D eigenvalue weighted by molar-refractivity contribution is 0.0733. The Morgan fingerprint density at radius 3 is 2.17 bits per heavy atom. The summed E-state index contributed by atoms with van der Waals surface area (Å²) < 4.78 is 5.47. The van der Waals surface area contributed by atoms with Crippen molar-refractivity contribution < 1.29 is 9.53 Å². The number of rotatable bonds is 10. The molecule has 0 radical (unpaired) electrons. The number of benzene rings is 2. The summed E-state index contributed by atoms with van der Waals surface area (Å²) >= 11 is 0. The Hall–Kier alpha value is -2.09. The SMILES string of the molecule is CCCCCCCCCc1ccccc1C(=O)Oc1ccccc1. The van der Waals surface area contributed by atoms with E-state index < -0.39 is 0 Å². The van der Waals surface area contributed by atoms with E-state index in [9.17, 15) is 4.79 Å². The van der Waals surface area contributed by atoms with Crippen LogP contribution in [-0.4, -0.2) is 5.97 Å². The van der Waals surface area contributed by atoms with E-state index in [2.05, 4.69) is 6.92 Å². The fourth-order valence-electron chi connectivity index (χ4n) is 2.86. The molecule has 0 bridgehead atoms. The highest BCUT2D eigenvalue weighted by molar-refractivity contribution is 5.92. The highest BCUT2D eigenvalue weighted by atomic mass is 16.5. The maximum Gasteiger partial charge on any atom is 0.343 e. The van der Waals surface area contributed by atoms with Crippen LogP contribution in [0.3, 0.4) is 0 Å². The van der Waals surface area contributed by atoms with Crippen molar-refractivity contribution in [2.75, 3.05) is 0 Å². The van der Waals surface area contributed by atoms with Gasteiger partial charge in [0.05, 0.1) is 5.56 Å². The average molecular weight is 324 g/mol. The predicted molar refractivity (Wildman–Crippen MR) is 99.5 cm³/mol. The van der Waals surface area contributed by atoms with E-state index in [4.69, 9.17) is 4.74 Å². The van der Waals surface area contributed by atoms with Crippen LogP contribution in [0.15, 0.2) is 54.6 Å². The number of hydrogen-bond donors (Lipinski definition) is 0. The normalized spacial score (nSPS) is 10.5. The molecule has 0 saturated heterocycles. The molecule has 0 aliphatic heterocycles. The second kappa shape index (κ2) is 10.6.